The van der Waals surface area contributed by atoms with E-state index in [4.69, 9.17) is 9.72 Å². The van der Waals surface area contributed by atoms with Gasteiger partial charge in [-0.05, 0) is 75.6 Å². The molecule has 33 heavy (non-hydrogen) atoms. The fraction of sp³-hybridized carbons (Fsp3) is 0.560. The molecular formula is C25H31F2N3O3. The minimum atomic E-state index is -2.70. The third-order valence-electron chi connectivity index (χ3n) is 6.31. The van der Waals surface area contributed by atoms with Crippen molar-refractivity contribution in [2.75, 3.05) is 24.6 Å². The number of aliphatic carboxylic acids is 1. The quantitative estimate of drug-likeness (QED) is 0.526. The summed E-state index contributed by atoms with van der Waals surface area (Å²) in [5.74, 6) is -1.63. The van der Waals surface area contributed by atoms with Crippen LogP contribution in [0, 0.1) is 11.8 Å². The molecule has 1 aromatic carbocycles. The number of hydrogen-bond acceptors (Lipinski definition) is 5. The Balaban J connectivity index is 1.53. The van der Waals surface area contributed by atoms with Crippen molar-refractivity contribution in [1.82, 2.24) is 9.97 Å². The number of carbonyl (C=O) groups is 1. The predicted octanol–water partition coefficient (Wildman–Crippen LogP) is 5.21. The second-order valence-corrected chi connectivity index (χ2v) is 9.34. The van der Waals surface area contributed by atoms with Crippen molar-refractivity contribution < 1.29 is 23.4 Å². The summed E-state index contributed by atoms with van der Waals surface area (Å²) in [6.07, 6.45) is 5.75. The standard InChI is InChI=1S/C25H31F2N3O3/c1-25(26,27)12-2-3-20-15-28-22(18-6-8-21(9-7-18)33-16-17-4-5-17)23(29-20)30-13-10-19(11-14-30)24(31)32/h6-9,15,17,19H,2-5,10-14,16H2,1H3,(H,31,32). The molecule has 2 aromatic rings. The van der Waals surface area contributed by atoms with Gasteiger partial charge in [0.1, 0.15) is 11.4 Å². The number of carboxylic acids is 1. The first-order valence-corrected chi connectivity index (χ1v) is 11.7. The minimum absolute atomic E-state index is 0.196. The van der Waals surface area contributed by atoms with Crippen molar-refractivity contribution in [3.05, 3.63) is 36.2 Å². The van der Waals surface area contributed by atoms with Crippen LogP contribution in [-0.4, -0.2) is 46.7 Å². The normalized spacial score (nSPS) is 17.2. The largest absolute Gasteiger partial charge is 0.493 e. The van der Waals surface area contributed by atoms with Crippen LogP contribution in [0.4, 0.5) is 14.6 Å². The van der Waals surface area contributed by atoms with Crippen molar-refractivity contribution in [1.29, 1.82) is 0 Å². The molecule has 4 rings (SSSR count). The molecule has 1 N–H and O–H groups in total. The average Bonchev–Trinajstić information content (AvgIpc) is 3.62. The summed E-state index contributed by atoms with van der Waals surface area (Å²) in [5.41, 5.74) is 2.27. The molecule has 178 valence electrons. The van der Waals surface area contributed by atoms with Gasteiger partial charge in [0.25, 0.3) is 0 Å². The number of carboxylic acid groups (broad SMARTS) is 1. The van der Waals surface area contributed by atoms with Gasteiger partial charge in [-0.15, -0.1) is 0 Å². The van der Waals surface area contributed by atoms with E-state index >= 15 is 0 Å². The summed E-state index contributed by atoms with van der Waals surface area (Å²) < 4.78 is 32.3. The van der Waals surface area contributed by atoms with E-state index in [1.54, 1.807) is 6.20 Å². The van der Waals surface area contributed by atoms with Gasteiger partial charge in [0.15, 0.2) is 5.82 Å². The molecule has 6 nitrogen and oxygen atoms in total. The SMILES string of the molecule is CC(F)(F)CCCc1cnc(-c2ccc(OCC3CC3)cc2)c(N2CCC(C(=O)O)CC2)n1. The summed E-state index contributed by atoms with van der Waals surface area (Å²) in [5, 5.41) is 9.32. The highest BCUT2D eigenvalue weighted by molar-refractivity contribution is 5.74. The van der Waals surface area contributed by atoms with Crippen molar-refractivity contribution in [2.45, 2.75) is 57.8 Å². The van der Waals surface area contributed by atoms with E-state index in [0.29, 0.717) is 61.9 Å². The minimum Gasteiger partial charge on any atom is -0.493 e. The molecule has 8 heteroatoms. The van der Waals surface area contributed by atoms with Crippen LogP contribution in [0.3, 0.4) is 0 Å². The van der Waals surface area contributed by atoms with Crippen LogP contribution in [0.2, 0.25) is 0 Å². The molecular weight excluding hydrogens is 428 g/mol. The first kappa shape index (κ1) is 23.4. The molecule has 2 heterocycles. The maximum absolute atomic E-state index is 13.2. The highest BCUT2D eigenvalue weighted by Crippen LogP contribution is 2.33. The molecule has 0 spiro atoms. The first-order chi connectivity index (χ1) is 15.8. The number of nitrogens with zero attached hydrogens (tertiary/aromatic N) is 3. The second kappa shape index (κ2) is 10.0. The van der Waals surface area contributed by atoms with Gasteiger partial charge in [-0.2, -0.15) is 0 Å². The molecule has 1 saturated heterocycles. The Hall–Kier alpha value is -2.77. The maximum atomic E-state index is 13.2. The molecule has 0 radical (unpaired) electrons. The fourth-order valence-electron chi connectivity index (χ4n) is 4.08. The van der Waals surface area contributed by atoms with Crippen molar-refractivity contribution in [3.8, 4) is 17.0 Å². The van der Waals surface area contributed by atoms with E-state index in [1.165, 1.54) is 12.8 Å². The lowest BCUT2D eigenvalue weighted by Crippen LogP contribution is -2.37. The fourth-order valence-corrected chi connectivity index (χ4v) is 4.08. The summed E-state index contributed by atoms with van der Waals surface area (Å²) in [6.45, 7) is 2.81. The van der Waals surface area contributed by atoms with Crippen LogP contribution < -0.4 is 9.64 Å². The van der Waals surface area contributed by atoms with Crippen molar-refractivity contribution >= 4 is 11.8 Å². The highest BCUT2D eigenvalue weighted by atomic mass is 19.3. The predicted molar refractivity (Wildman–Crippen MR) is 122 cm³/mol. The molecule has 1 aliphatic heterocycles. The highest BCUT2D eigenvalue weighted by Gasteiger charge is 2.28. The van der Waals surface area contributed by atoms with Gasteiger partial charge in [0, 0.05) is 31.3 Å². The average molecular weight is 460 g/mol. The number of anilines is 1. The molecule has 0 atom stereocenters. The molecule has 1 aliphatic carbocycles. The van der Waals surface area contributed by atoms with Crippen LogP contribution in [0.1, 0.15) is 51.1 Å². The van der Waals surface area contributed by atoms with Crippen LogP contribution in [0.5, 0.6) is 5.75 Å². The first-order valence-electron chi connectivity index (χ1n) is 11.7. The lowest BCUT2D eigenvalue weighted by atomic mass is 9.97. The van der Waals surface area contributed by atoms with Gasteiger partial charge >= 0.3 is 5.97 Å². The van der Waals surface area contributed by atoms with Crippen molar-refractivity contribution in [2.24, 2.45) is 11.8 Å². The van der Waals surface area contributed by atoms with E-state index in [9.17, 15) is 18.7 Å². The zero-order chi connectivity index (χ0) is 23.4. The molecule has 0 bridgehead atoms. The number of ether oxygens (including phenoxy) is 1. The van der Waals surface area contributed by atoms with Gasteiger partial charge in [-0.1, -0.05) is 0 Å². The Morgan fingerprint density at radius 3 is 2.48 bits per heavy atom. The van der Waals surface area contributed by atoms with Gasteiger partial charge in [0.05, 0.1) is 18.2 Å². The third kappa shape index (κ3) is 6.62. The molecule has 1 saturated carbocycles. The lowest BCUT2D eigenvalue weighted by molar-refractivity contribution is -0.142. The van der Waals surface area contributed by atoms with E-state index in [-0.39, 0.29) is 12.3 Å². The van der Waals surface area contributed by atoms with Gasteiger partial charge < -0.3 is 14.7 Å². The van der Waals surface area contributed by atoms with Crippen LogP contribution in [0.25, 0.3) is 11.3 Å². The summed E-state index contributed by atoms with van der Waals surface area (Å²) in [7, 11) is 0. The van der Waals surface area contributed by atoms with E-state index < -0.39 is 11.9 Å². The van der Waals surface area contributed by atoms with Crippen LogP contribution in [0.15, 0.2) is 30.5 Å². The topological polar surface area (TPSA) is 75.5 Å². The maximum Gasteiger partial charge on any atom is 0.306 e. The Labute approximate surface area is 193 Å². The molecule has 0 unspecified atom stereocenters. The summed E-state index contributed by atoms with van der Waals surface area (Å²) >= 11 is 0. The number of alkyl halides is 2. The third-order valence-corrected chi connectivity index (χ3v) is 6.31. The Kier molecular flexibility index (Phi) is 7.10. The second-order valence-electron chi connectivity index (χ2n) is 9.34. The number of benzene rings is 1. The molecule has 1 aromatic heterocycles. The Morgan fingerprint density at radius 1 is 1.18 bits per heavy atom. The van der Waals surface area contributed by atoms with Crippen LogP contribution >= 0.6 is 0 Å². The Bertz CT molecular complexity index is 950. The monoisotopic (exact) mass is 459 g/mol. The number of hydrogen-bond donors (Lipinski definition) is 1. The molecule has 0 amide bonds. The summed E-state index contributed by atoms with van der Waals surface area (Å²) in [4.78, 5) is 22.9. The van der Waals surface area contributed by atoms with Crippen molar-refractivity contribution in [3.63, 3.8) is 0 Å². The number of halogens is 2. The zero-order valence-corrected chi connectivity index (χ0v) is 19.0. The van der Waals surface area contributed by atoms with E-state index in [0.717, 1.165) is 24.8 Å². The van der Waals surface area contributed by atoms with Crippen LogP contribution in [-0.2, 0) is 11.2 Å². The lowest BCUT2D eigenvalue weighted by Gasteiger charge is -2.32. The van der Waals surface area contributed by atoms with Gasteiger partial charge in [0.2, 0.25) is 5.92 Å². The Morgan fingerprint density at radius 2 is 1.88 bits per heavy atom. The number of aromatic nitrogens is 2. The number of rotatable bonds is 10. The van der Waals surface area contributed by atoms with Gasteiger partial charge in [-0.25, -0.2) is 13.8 Å². The van der Waals surface area contributed by atoms with E-state index in [2.05, 4.69) is 9.88 Å². The zero-order valence-electron chi connectivity index (χ0n) is 19.0. The number of piperidine rings is 1. The van der Waals surface area contributed by atoms with Gasteiger partial charge in [-0.3, -0.25) is 9.78 Å². The van der Waals surface area contributed by atoms with E-state index in [1.807, 2.05) is 24.3 Å². The molecule has 2 fully saturated rings. The molecule has 2 aliphatic rings. The summed E-state index contributed by atoms with van der Waals surface area (Å²) in [6, 6.07) is 7.77. The number of aryl methyl sites for hydroxylation is 1. The smallest absolute Gasteiger partial charge is 0.306 e.